The number of hydrogen-bond donors (Lipinski definition) is 0. The van der Waals surface area contributed by atoms with Crippen LogP contribution in [0, 0.1) is 10.1 Å². The number of nitro benzene ring substituents is 1. The second-order valence-corrected chi connectivity index (χ2v) is 4.43. The number of benzene rings is 2. The van der Waals surface area contributed by atoms with Gasteiger partial charge in [0.1, 0.15) is 0 Å². The summed E-state index contributed by atoms with van der Waals surface area (Å²) in [6.45, 7) is 0. The summed E-state index contributed by atoms with van der Waals surface area (Å²) >= 11 is 5.73. The molecule has 0 heterocycles. The molecule has 0 fully saturated rings. The summed E-state index contributed by atoms with van der Waals surface area (Å²) < 4.78 is 0. The van der Waals surface area contributed by atoms with E-state index >= 15 is 0 Å². The first kappa shape index (κ1) is 13.2. The van der Waals surface area contributed by atoms with E-state index in [0.717, 1.165) is 0 Å². The molecule has 2 aromatic carbocycles. The molecule has 0 spiro atoms. The highest BCUT2D eigenvalue weighted by atomic mass is 35.5. The van der Waals surface area contributed by atoms with Crippen molar-refractivity contribution in [1.29, 1.82) is 0 Å². The Morgan fingerprint density at radius 1 is 1.16 bits per heavy atom. The molecule has 2 aromatic rings. The first-order valence-corrected chi connectivity index (χ1v) is 5.97. The lowest BCUT2D eigenvalue weighted by atomic mass is 10.0. The van der Waals surface area contributed by atoms with Crippen molar-refractivity contribution in [3.8, 4) is 0 Å². The molecular weight excluding hydrogens is 266 g/mol. The van der Waals surface area contributed by atoms with E-state index in [1.165, 1.54) is 12.1 Å². The van der Waals surface area contributed by atoms with E-state index in [4.69, 9.17) is 11.6 Å². The monoisotopic (exact) mass is 275 g/mol. The number of nitro groups is 1. The Hall–Kier alpha value is -2.20. The van der Waals surface area contributed by atoms with Gasteiger partial charge in [-0.25, -0.2) is 0 Å². The lowest BCUT2D eigenvalue weighted by Gasteiger charge is -2.03. The molecule has 96 valence electrons. The summed E-state index contributed by atoms with van der Waals surface area (Å²) in [5, 5.41) is 11.2. The van der Waals surface area contributed by atoms with E-state index < -0.39 is 4.92 Å². The number of halogens is 1. The molecule has 0 aliphatic carbocycles. The molecule has 0 atom stereocenters. The predicted molar refractivity (Wildman–Crippen MR) is 72.6 cm³/mol. The fourth-order valence-electron chi connectivity index (χ4n) is 1.76. The number of carbonyl (C=O) groups is 1. The van der Waals surface area contributed by atoms with Crippen LogP contribution < -0.4 is 0 Å². The number of hydrogen-bond acceptors (Lipinski definition) is 3. The summed E-state index contributed by atoms with van der Waals surface area (Å²) in [4.78, 5) is 22.4. The Morgan fingerprint density at radius 2 is 1.84 bits per heavy atom. The highest BCUT2D eigenvalue weighted by Crippen LogP contribution is 2.24. The first-order chi connectivity index (χ1) is 9.08. The zero-order chi connectivity index (χ0) is 13.8. The van der Waals surface area contributed by atoms with Gasteiger partial charge in [0.15, 0.2) is 5.78 Å². The smallest absolute Gasteiger partial charge is 0.274 e. The van der Waals surface area contributed by atoms with Gasteiger partial charge in [-0.2, -0.15) is 0 Å². The van der Waals surface area contributed by atoms with Gasteiger partial charge in [-0.05, 0) is 6.07 Å². The van der Waals surface area contributed by atoms with Gasteiger partial charge in [-0.1, -0.05) is 48.0 Å². The highest BCUT2D eigenvalue weighted by molar-refractivity contribution is 6.30. The molecule has 0 aromatic heterocycles. The molecule has 0 aliphatic rings. The highest BCUT2D eigenvalue weighted by Gasteiger charge is 2.17. The molecule has 4 nitrogen and oxygen atoms in total. The molecule has 0 amide bonds. The van der Waals surface area contributed by atoms with Gasteiger partial charge in [-0.15, -0.1) is 0 Å². The number of nitrogens with zero attached hydrogens (tertiary/aromatic N) is 1. The largest absolute Gasteiger partial charge is 0.294 e. The third-order valence-corrected chi connectivity index (χ3v) is 2.93. The zero-order valence-corrected chi connectivity index (χ0v) is 10.6. The molecular formula is C14H10ClNO3. The summed E-state index contributed by atoms with van der Waals surface area (Å²) in [5.41, 5.74) is 0.770. The Bertz CT molecular complexity index is 626. The second-order valence-electron chi connectivity index (χ2n) is 4.00. The van der Waals surface area contributed by atoms with Crippen molar-refractivity contribution in [1.82, 2.24) is 0 Å². The van der Waals surface area contributed by atoms with E-state index in [9.17, 15) is 14.9 Å². The van der Waals surface area contributed by atoms with Crippen LogP contribution in [0.1, 0.15) is 15.9 Å². The van der Waals surface area contributed by atoms with Gasteiger partial charge < -0.3 is 0 Å². The number of carbonyl (C=O) groups excluding carboxylic acids is 1. The van der Waals surface area contributed by atoms with Gasteiger partial charge in [0.2, 0.25) is 0 Å². The number of Topliss-reactive ketones (excluding diaryl/α,β-unsaturated/α-hetero) is 1. The van der Waals surface area contributed by atoms with Crippen molar-refractivity contribution in [3.05, 3.63) is 74.8 Å². The molecule has 0 N–H and O–H groups in total. The van der Waals surface area contributed by atoms with Crippen LogP contribution in [0.3, 0.4) is 0 Å². The molecule has 5 heteroatoms. The van der Waals surface area contributed by atoms with Crippen LogP contribution in [-0.2, 0) is 6.42 Å². The number of rotatable bonds is 4. The molecule has 0 bridgehead atoms. The molecule has 0 saturated carbocycles. The minimum absolute atomic E-state index is 0.0164. The second kappa shape index (κ2) is 5.63. The van der Waals surface area contributed by atoms with Crippen molar-refractivity contribution in [2.75, 3.05) is 0 Å². The average Bonchev–Trinajstić information content (AvgIpc) is 2.41. The first-order valence-electron chi connectivity index (χ1n) is 5.59. The van der Waals surface area contributed by atoms with Crippen molar-refractivity contribution >= 4 is 23.1 Å². The predicted octanol–water partition coefficient (Wildman–Crippen LogP) is 3.67. The molecule has 0 unspecified atom stereocenters. The SMILES string of the molecule is O=C(Cc1ccc(Cl)cc1[N+](=O)[O-])c1ccccc1. The third-order valence-electron chi connectivity index (χ3n) is 2.69. The van der Waals surface area contributed by atoms with Crippen molar-refractivity contribution in [2.45, 2.75) is 6.42 Å². The topological polar surface area (TPSA) is 60.2 Å². The molecule has 0 aliphatic heterocycles. The maximum atomic E-state index is 12.0. The summed E-state index contributed by atoms with van der Waals surface area (Å²) in [6.07, 6.45) is -0.0164. The van der Waals surface area contributed by atoms with Gasteiger partial charge in [0.05, 0.1) is 4.92 Å². The Morgan fingerprint density at radius 3 is 2.47 bits per heavy atom. The summed E-state index contributed by atoms with van der Waals surface area (Å²) in [5.74, 6) is -0.161. The summed E-state index contributed by atoms with van der Waals surface area (Å²) in [7, 11) is 0. The van der Waals surface area contributed by atoms with Crippen LogP contribution in [0.2, 0.25) is 5.02 Å². The van der Waals surface area contributed by atoms with Crippen LogP contribution >= 0.6 is 11.6 Å². The fraction of sp³-hybridized carbons (Fsp3) is 0.0714. The Kier molecular flexibility index (Phi) is 3.92. The lowest BCUT2D eigenvalue weighted by molar-refractivity contribution is -0.385. The third kappa shape index (κ3) is 3.17. The maximum absolute atomic E-state index is 12.0. The Labute approximate surface area is 114 Å². The fourth-order valence-corrected chi connectivity index (χ4v) is 1.92. The standard InChI is InChI=1S/C14H10ClNO3/c15-12-7-6-11(13(9-12)16(18)19)8-14(17)10-4-2-1-3-5-10/h1-7,9H,8H2. The molecule has 0 radical (unpaired) electrons. The molecule has 0 saturated heterocycles. The quantitative estimate of drug-likeness (QED) is 0.486. The van der Waals surface area contributed by atoms with E-state index in [0.29, 0.717) is 11.1 Å². The van der Waals surface area contributed by atoms with Crippen LogP contribution in [0.5, 0.6) is 0 Å². The van der Waals surface area contributed by atoms with E-state index in [2.05, 4.69) is 0 Å². The van der Waals surface area contributed by atoms with Gasteiger partial charge >= 0.3 is 0 Å². The van der Waals surface area contributed by atoms with Crippen LogP contribution in [0.15, 0.2) is 48.5 Å². The number of ketones is 1. The minimum atomic E-state index is -0.528. The van der Waals surface area contributed by atoms with E-state index in [1.807, 2.05) is 6.07 Å². The Balaban J connectivity index is 2.29. The van der Waals surface area contributed by atoms with Gasteiger partial charge in [0, 0.05) is 28.6 Å². The summed E-state index contributed by atoms with van der Waals surface area (Å²) in [6, 6.07) is 13.0. The van der Waals surface area contributed by atoms with Crippen molar-refractivity contribution < 1.29 is 9.72 Å². The van der Waals surface area contributed by atoms with Crippen molar-refractivity contribution in [2.24, 2.45) is 0 Å². The normalized spacial score (nSPS) is 10.2. The maximum Gasteiger partial charge on any atom is 0.274 e. The van der Waals surface area contributed by atoms with Crippen molar-refractivity contribution in [3.63, 3.8) is 0 Å². The minimum Gasteiger partial charge on any atom is -0.294 e. The van der Waals surface area contributed by atoms with E-state index in [-0.39, 0.29) is 22.9 Å². The zero-order valence-electron chi connectivity index (χ0n) is 9.88. The van der Waals surface area contributed by atoms with E-state index in [1.54, 1.807) is 30.3 Å². The molecule has 19 heavy (non-hydrogen) atoms. The average molecular weight is 276 g/mol. The molecule has 2 rings (SSSR count). The van der Waals surface area contributed by atoms with Crippen LogP contribution in [-0.4, -0.2) is 10.7 Å². The van der Waals surface area contributed by atoms with Gasteiger partial charge in [-0.3, -0.25) is 14.9 Å². The lowest BCUT2D eigenvalue weighted by Crippen LogP contribution is -2.05. The van der Waals surface area contributed by atoms with Crippen LogP contribution in [0.25, 0.3) is 0 Å². The van der Waals surface area contributed by atoms with Crippen LogP contribution in [0.4, 0.5) is 5.69 Å². The van der Waals surface area contributed by atoms with Gasteiger partial charge in [0.25, 0.3) is 5.69 Å².